The molecule has 0 radical (unpaired) electrons. The quantitative estimate of drug-likeness (QED) is 0.830. The van der Waals surface area contributed by atoms with Crippen LogP contribution in [0.5, 0.6) is 0 Å². The van der Waals surface area contributed by atoms with E-state index >= 15 is 0 Å². The molecule has 1 aromatic carbocycles. The third-order valence-electron chi connectivity index (χ3n) is 2.58. The molecule has 1 aromatic heterocycles. The van der Waals surface area contributed by atoms with Gasteiger partial charge in [-0.3, -0.25) is 9.97 Å². The maximum absolute atomic E-state index is 13.8. The highest BCUT2D eigenvalue weighted by Crippen LogP contribution is 2.25. The molecule has 9 heteroatoms. The zero-order chi connectivity index (χ0) is 15.6. The second kappa shape index (κ2) is 5.92. The molecule has 2 aromatic rings. The fourth-order valence-electron chi connectivity index (χ4n) is 1.54. The van der Waals surface area contributed by atoms with Crippen LogP contribution in [0.4, 0.5) is 10.1 Å². The Morgan fingerprint density at radius 3 is 2.67 bits per heavy atom. The molecule has 0 aliphatic rings. The van der Waals surface area contributed by atoms with Gasteiger partial charge in [0.05, 0.1) is 29.2 Å². The Morgan fingerprint density at radius 2 is 2.05 bits per heavy atom. The van der Waals surface area contributed by atoms with Gasteiger partial charge in [-0.25, -0.2) is 17.5 Å². The molecule has 0 atom stereocenters. The van der Waals surface area contributed by atoms with Gasteiger partial charge in [0.15, 0.2) is 5.82 Å². The maximum atomic E-state index is 13.8. The van der Waals surface area contributed by atoms with Crippen LogP contribution < -0.4 is 10.5 Å². The number of nitrogens with two attached hydrogens (primary N) is 1. The molecular formula is C12H12ClFN4O2S. The number of nitrogens with one attached hydrogen (secondary N) is 1. The van der Waals surface area contributed by atoms with Crippen LogP contribution in [0.2, 0.25) is 5.02 Å². The van der Waals surface area contributed by atoms with Gasteiger partial charge in [0.2, 0.25) is 10.0 Å². The minimum Gasteiger partial charge on any atom is -0.399 e. The van der Waals surface area contributed by atoms with Crippen molar-refractivity contribution in [2.24, 2.45) is 0 Å². The molecule has 0 amide bonds. The third kappa shape index (κ3) is 3.66. The van der Waals surface area contributed by atoms with E-state index < -0.39 is 20.7 Å². The number of hydrogen-bond acceptors (Lipinski definition) is 5. The molecule has 6 nitrogen and oxygen atoms in total. The molecule has 0 bridgehead atoms. The Labute approximate surface area is 126 Å². The van der Waals surface area contributed by atoms with Crippen molar-refractivity contribution in [1.82, 2.24) is 14.7 Å². The van der Waals surface area contributed by atoms with Crippen molar-refractivity contribution in [2.45, 2.75) is 18.4 Å². The van der Waals surface area contributed by atoms with Crippen molar-refractivity contribution in [2.75, 3.05) is 5.73 Å². The summed E-state index contributed by atoms with van der Waals surface area (Å²) >= 11 is 5.59. The standard InChI is InChI=1S/C12H12ClFN4O2S/c1-7-4-17-9(5-16-7)6-18-21(19,20)11-3-8(15)2-10(13)12(11)14/h2-5,18H,6,15H2,1H3. The summed E-state index contributed by atoms with van der Waals surface area (Å²) < 4.78 is 40.2. The van der Waals surface area contributed by atoms with Crippen LogP contribution in [0.25, 0.3) is 0 Å². The molecule has 0 fully saturated rings. The number of rotatable bonds is 4. The topological polar surface area (TPSA) is 98.0 Å². The van der Waals surface area contributed by atoms with E-state index in [2.05, 4.69) is 14.7 Å². The molecule has 3 N–H and O–H groups in total. The number of aryl methyl sites for hydroxylation is 1. The van der Waals surface area contributed by atoms with Crippen LogP contribution in [0.1, 0.15) is 11.4 Å². The van der Waals surface area contributed by atoms with Crippen LogP contribution in [-0.2, 0) is 16.6 Å². The summed E-state index contributed by atoms with van der Waals surface area (Å²) in [5, 5.41) is -0.356. The number of nitrogen functional groups attached to an aromatic ring is 1. The molecule has 21 heavy (non-hydrogen) atoms. The van der Waals surface area contributed by atoms with E-state index in [0.29, 0.717) is 11.4 Å². The average Bonchev–Trinajstić information content (AvgIpc) is 2.42. The van der Waals surface area contributed by atoms with Crippen molar-refractivity contribution in [3.63, 3.8) is 0 Å². The zero-order valence-corrected chi connectivity index (χ0v) is 12.5. The molecule has 0 aliphatic carbocycles. The van der Waals surface area contributed by atoms with E-state index in [-0.39, 0.29) is 17.3 Å². The first-order valence-electron chi connectivity index (χ1n) is 5.81. The molecule has 2 rings (SSSR count). The third-order valence-corrected chi connectivity index (χ3v) is 4.26. The molecule has 112 valence electrons. The van der Waals surface area contributed by atoms with Crippen LogP contribution in [0, 0.1) is 12.7 Å². The van der Waals surface area contributed by atoms with Crippen molar-refractivity contribution in [1.29, 1.82) is 0 Å². The van der Waals surface area contributed by atoms with Crippen molar-refractivity contribution in [3.05, 3.63) is 46.8 Å². The van der Waals surface area contributed by atoms with Gasteiger partial charge in [0.1, 0.15) is 4.90 Å². The van der Waals surface area contributed by atoms with Crippen LogP contribution in [-0.4, -0.2) is 18.4 Å². The van der Waals surface area contributed by atoms with Gasteiger partial charge in [-0.1, -0.05) is 11.6 Å². The number of nitrogens with zero attached hydrogens (tertiary/aromatic N) is 2. The first kappa shape index (κ1) is 15.6. The van der Waals surface area contributed by atoms with E-state index in [1.54, 1.807) is 6.92 Å². The highest BCUT2D eigenvalue weighted by Gasteiger charge is 2.21. The lowest BCUT2D eigenvalue weighted by molar-refractivity contribution is 0.556. The molecule has 0 unspecified atom stereocenters. The number of benzene rings is 1. The summed E-state index contributed by atoms with van der Waals surface area (Å²) in [5.41, 5.74) is 6.64. The molecule has 1 heterocycles. The Kier molecular flexibility index (Phi) is 4.40. The van der Waals surface area contributed by atoms with Gasteiger partial charge >= 0.3 is 0 Å². The van der Waals surface area contributed by atoms with Gasteiger partial charge < -0.3 is 5.73 Å². The monoisotopic (exact) mass is 330 g/mol. The second-order valence-corrected chi connectivity index (χ2v) is 6.43. The Morgan fingerprint density at radius 1 is 1.33 bits per heavy atom. The zero-order valence-electron chi connectivity index (χ0n) is 11.0. The Hall–Kier alpha value is -1.77. The van der Waals surface area contributed by atoms with Gasteiger partial charge in [0.25, 0.3) is 0 Å². The fraction of sp³-hybridized carbons (Fsp3) is 0.167. The normalized spacial score (nSPS) is 11.6. The first-order valence-corrected chi connectivity index (χ1v) is 7.67. The lowest BCUT2D eigenvalue weighted by Crippen LogP contribution is -2.25. The summed E-state index contributed by atoms with van der Waals surface area (Å²) in [6.07, 6.45) is 2.93. The largest absolute Gasteiger partial charge is 0.399 e. The summed E-state index contributed by atoms with van der Waals surface area (Å²) in [4.78, 5) is 7.38. The molecule has 0 aliphatic heterocycles. The average molecular weight is 331 g/mol. The Balaban J connectivity index is 2.25. The van der Waals surface area contributed by atoms with E-state index in [9.17, 15) is 12.8 Å². The van der Waals surface area contributed by atoms with E-state index in [0.717, 1.165) is 12.1 Å². The fourth-order valence-corrected chi connectivity index (χ4v) is 2.95. The van der Waals surface area contributed by atoms with Crippen LogP contribution in [0.15, 0.2) is 29.4 Å². The van der Waals surface area contributed by atoms with Crippen molar-refractivity contribution in [3.8, 4) is 0 Å². The minimum atomic E-state index is -4.10. The van der Waals surface area contributed by atoms with E-state index in [4.69, 9.17) is 17.3 Å². The number of anilines is 1. The lowest BCUT2D eigenvalue weighted by Gasteiger charge is -2.09. The molecule has 0 saturated carbocycles. The van der Waals surface area contributed by atoms with E-state index in [1.165, 1.54) is 12.4 Å². The molecule has 0 spiro atoms. The highest BCUT2D eigenvalue weighted by atomic mass is 35.5. The summed E-state index contributed by atoms with van der Waals surface area (Å²) in [6, 6.07) is 2.14. The lowest BCUT2D eigenvalue weighted by atomic mass is 10.3. The maximum Gasteiger partial charge on any atom is 0.243 e. The SMILES string of the molecule is Cc1cnc(CNS(=O)(=O)c2cc(N)cc(Cl)c2F)cn1. The van der Waals surface area contributed by atoms with Crippen LogP contribution >= 0.6 is 11.6 Å². The Bertz CT molecular complexity index is 766. The van der Waals surface area contributed by atoms with Crippen LogP contribution in [0.3, 0.4) is 0 Å². The summed E-state index contributed by atoms with van der Waals surface area (Å²) in [7, 11) is -4.10. The predicted molar refractivity (Wildman–Crippen MR) is 76.6 cm³/mol. The van der Waals surface area contributed by atoms with Crippen molar-refractivity contribution >= 4 is 27.3 Å². The van der Waals surface area contributed by atoms with Crippen molar-refractivity contribution < 1.29 is 12.8 Å². The first-order chi connectivity index (χ1) is 9.79. The van der Waals surface area contributed by atoms with E-state index in [1.807, 2.05) is 0 Å². The minimum absolute atomic E-state index is 0.0527. The number of halogens is 2. The number of sulfonamides is 1. The predicted octanol–water partition coefficient (Wildman–Crippen LogP) is 1.64. The number of hydrogen-bond donors (Lipinski definition) is 2. The van der Waals surface area contributed by atoms with Gasteiger partial charge in [-0.2, -0.15) is 0 Å². The molecule has 0 saturated heterocycles. The number of aromatic nitrogens is 2. The van der Waals surface area contributed by atoms with Gasteiger partial charge in [-0.15, -0.1) is 0 Å². The second-order valence-electron chi connectivity index (χ2n) is 4.29. The molecular weight excluding hydrogens is 319 g/mol. The van der Waals surface area contributed by atoms with Gasteiger partial charge in [-0.05, 0) is 19.1 Å². The van der Waals surface area contributed by atoms with Gasteiger partial charge in [0, 0.05) is 11.9 Å². The highest BCUT2D eigenvalue weighted by molar-refractivity contribution is 7.89. The summed E-state index contributed by atoms with van der Waals surface area (Å²) in [5.74, 6) is -1.05. The smallest absolute Gasteiger partial charge is 0.243 e. The summed E-state index contributed by atoms with van der Waals surface area (Å²) in [6.45, 7) is 1.63.